The van der Waals surface area contributed by atoms with Crippen molar-refractivity contribution < 1.29 is 9.47 Å². The number of likely N-dealkylation sites (tertiary alicyclic amines) is 1. The minimum absolute atomic E-state index is 0.0361. The first kappa shape index (κ1) is 13.8. The topological polar surface area (TPSA) is 33.7 Å². The lowest BCUT2D eigenvalue weighted by Gasteiger charge is -2.39. The summed E-state index contributed by atoms with van der Waals surface area (Å²) in [4.78, 5) is 2.52. The van der Waals surface area contributed by atoms with Crippen molar-refractivity contribution in [2.45, 2.75) is 56.2 Å². The second-order valence-electron chi connectivity index (χ2n) is 6.56. The Morgan fingerprint density at radius 2 is 2.21 bits per heavy atom. The van der Waals surface area contributed by atoms with E-state index in [2.05, 4.69) is 17.3 Å². The van der Waals surface area contributed by atoms with E-state index < -0.39 is 0 Å². The van der Waals surface area contributed by atoms with Gasteiger partial charge < -0.3 is 19.7 Å². The summed E-state index contributed by atoms with van der Waals surface area (Å²) in [7, 11) is 2.27. The Morgan fingerprint density at radius 1 is 1.26 bits per heavy atom. The highest BCUT2D eigenvalue weighted by molar-refractivity contribution is 4.93. The lowest BCUT2D eigenvalue weighted by Crippen LogP contribution is -2.51. The molecule has 0 saturated carbocycles. The van der Waals surface area contributed by atoms with Crippen molar-refractivity contribution in [2.24, 2.45) is 0 Å². The standard InChI is InChI=1S/C15H28N2O2/c1-17-7-3-2-4-14(17)11-16-13-5-8-19-15(10-13)6-9-18-12-15/h13-14,16H,2-12H2,1H3. The monoisotopic (exact) mass is 268 g/mol. The smallest absolute Gasteiger partial charge is 0.0951 e. The third kappa shape index (κ3) is 3.30. The second-order valence-corrected chi connectivity index (χ2v) is 6.56. The maximum Gasteiger partial charge on any atom is 0.0951 e. The highest BCUT2D eigenvalue weighted by Gasteiger charge is 2.41. The van der Waals surface area contributed by atoms with Gasteiger partial charge in [-0.15, -0.1) is 0 Å². The second kappa shape index (κ2) is 6.08. The average molecular weight is 268 g/mol. The lowest BCUT2D eigenvalue weighted by atomic mass is 9.89. The van der Waals surface area contributed by atoms with Gasteiger partial charge in [-0.2, -0.15) is 0 Å². The van der Waals surface area contributed by atoms with Gasteiger partial charge in [-0.05, 0) is 39.3 Å². The molecule has 0 aromatic heterocycles. The average Bonchev–Trinajstić information content (AvgIpc) is 2.86. The fourth-order valence-electron chi connectivity index (χ4n) is 3.77. The van der Waals surface area contributed by atoms with E-state index in [-0.39, 0.29) is 5.60 Å². The number of likely N-dealkylation sites (N-methyl/N-ethyl adjacent to an activating group) is 1. The summed E-state index contributed by atoms with van der Waals surface area (Å²) in [5.74, 6) is 0. The number of ether oxygens (including phenoxy) is 2. The van der Waals surface area contributed by atoms with Crippen LogP contribution in [0.25, 0.3) is 0 Å². The summed E-state index contributed by atoms with van der Waals surface area (Å²) in [6, 6.07) is 1.35. The predicted octanol–water partition coefficient (Wildman–Crippen LogP) is 1.40. The molecule has 3 unspecified atom stereocenters. The van der Waals surface area contributed by atoms with Gasteiger partial charge >= 0.3 is 0 Å². The number of hydrogen-bond acceptors (Lipinski definition) is 4. The van der Waals surface area contributed by atoms with Gasteiger partial charge in [0.2, 0.25) is 0 Å². The molecule has 4 nitrogen and oxygen atoms in total. The van der Waals surface area contributed by atoms with Crippen molar-refractivity contribution in [3.63, 3.8) is 0 Å². The summed E-state index contributed by atoms with van der Waals surface area (Å²) >= 11 is 0. The first-order valence-electron chi connectivity index (χ1n) is 7.93. The Labute approximate surface area is 116 Å². The van der Waals surface area contributed by atoms with Gasteiger partial charge in [0.1, 0.15) is 0 Å². The van der Waals surface area contributed by atoms with Gasteiger partial charge in [0.25, 0.3) is 0 Å². The summed E-state index contributed by atoms with van der Waals surface area (Å²) < 4.78 is 11.5. The van der Waals surface area contributed by atoms with Gasteiger partial charge in [-0.3, -0.25) is 0 Å². The highest BCUT2D eigenvalue weighted by atomic mass is 16.6. The molecule has 3 rings (SSSR count). The van der Waals surface area contributed by atoms with Crippen LogP contribution in [0.1, 0.15) is 38.5 Å². The van der Waals surface area contributed by atoms with Crippen molar-refractivity contribution in [3.8, 4) is 0 Å². The van der Waals surface area contributed by atoms with Crippen LogP contribution in [0, 0.1) is 0 Å². The molecule has 0 aromatic carbocycles. The quantitative estimate of drug-likeness (QED) is 0.839. The molecular formula is C15H28N2O2. The molecular weight excluding hydrogens is 240 g/mol. The molecule has 0 bridgehead atoms. The zero-order chi connectivity index (χ0) is 13.1. The molecule has 1 spiro atoms. The number of nitrogens with zero attached hydrogens (tertiary/aromatic N) is 1. The first-order chi connectivity index (χ1) is 9.27. The van der Waals surface area contributed by atoms with Crippen LogP contribution in [0.15, 0.2) is 0 Å². The lowest BCUT2D eigenvalue weighted by molar-refractivity contribution is -0.0897. The van der Waals surface area contributed by atoms with Crippen molar-refractivity contribution in [3.05, 3.63) is 0 Å². The van der Waals surface area contributed by atoms with Crippen LogP contribution >= 0.6 is 0 Å². The zero-order valence-electron chi connectivity index (χ0n) is 12.2. The number of rotatable bonds is 3. The Bertz CT molecular complexity index is 292. The fourth-order valence-corrected chi connectivity index (χ4v) is 3.77. The molecule has 3 heterocycles. The van der Waals surface area contributed by atoms with E-state index in [0.29, 0.717) is 6.04 Å². The first-order valence-corrected chi connectivity index (χ1v) is 7.93. The Morgan fingerprint density at radius 3 is 3.00 bits per heavy atom. The highest BCUT2D eigenvalue weighted by Crippen LogP contribution is 2.32. The van der Waals surface area contributed by atoms with E-state index in [0.717, 1.165) is 51.7 Å². The summed E-state index contributed by atoms with van der Waals surface area (Å²) in [6.07, 6.45) is 7.46. The van der Waals surface area contributed by atoms with E-state index >= 15 is 0 Å². The minimum Gasteiger partial charge on any atom is -0.378 e. The third-order valence-corrected chi connectivity index (χ3v) is 5.12. The van der Waals surface area contributed by atoms with Crippen molar-refractivity contribution in [1.82, 2.24) is 10.2 Å². The molecule has 0 aliphatic carbocycles. The van der Waals surface area contributed by atoms with Gasteiger partial charge in [-0.1, -0.05) is 6.42 Å². The molecule has 4 heteroatoms. The van der Waals surface area contributed by atoms with E-state index in [1.165, 1.54) is 25.8 Å². The van der Waals surface area contributed by atoms with Crippen LogP contribution in [0.5, 0.6) is 0 Å². The summed E-state index contributed by atoms with van der Waals surface area (Å²) in [6.45, 7) is 4.96. The van der Waals surface area contributed by atoms with Gasteiger partial charge in [0.05, 0.1) is 12.2 Å². The molecule has 0 aromatic rings. The molecule has 3 aliphatic rings. The van der Waals surface area contributed by atoms with Crippen LogP contribution in [0.4, 0.5) is 0 Å². The normalized spacial score (nSPS) is 40.9. The Kier molecular flexibility index (Phi) is 4.42. The van der Waals surface area contributed by atoms with E-state index in [4.69, 9.17) is 9.47 Å². The van der Waals surface area contributed by atoms with E-state index in [1.54, 1.807) is 0 Å². The molecule has 19 heavy (non-hydrogen) atoms. The van der Waals surface area contributed by atoms with Crippen LogP contribution in [-0.4, -0.2) is 62.5 Å². The Balaban J connectivity index is 1.47. The largest absolute Gasteiger partial charge is 0.378 e. The summed E-state index contributed by atoms with van der Waals surface area (Å²) in [5, 5.41) is 3.80. The molecule has 110 valence electrons. The molecule has 1 N–H and O–H groups in total. The maximum absolute atomic E-state index is 5.99. The minimum atomic E-state index is 0.0361. The van der Waals surface area contributed by atoms with Crippen LogP contribution in [0.2, 0.25) is 0 Å². The molecule has 3 saturated heterocycles. The number of nitrogens with one attached hydrogen (secondary N) is 1. The molecule has 3 fully saturated rings. The van der Waals surface area contributed by atoms with Crippen molar-refractivity contribution in [2.75, 3.05) is 40.0 Å². The van der Waals surface area contributed by atoms with E-state index in [9.17, 15) is 0 Å². The van der Waals surface area contributed by atoms with Crippen LogP contribution in [-0.2, 0) is 9.47 Å². The predicted molar refractivity (Wildman–Crippen MR) is 75.4 cm³/mol. The molecule has 3 atom stereocenters. The van der Waals surface area contributed by atoms with Gasteiger partial charge in [0, 0.05) is 38.3 Å². The van der Waals surface area contributed by atoms with Crippen molar-refractivity contribution >= 4 is 0 Å². The number of hydrogen-bond donors (Lipinski definition) is 1. The van der Waals surface area contributed by atoms with Crippen LogP contribution in [0.3, 0.4) is 0 Å². The SMILES string of the molecule is CN1CCCCC1CNC1CCOC2(CCOC2)C1. The molecule has 0 amide bonds. The number of piperidine rings is 1. The van der Waals surface area contributed by atoms with Gasteiger partial charge in [-0.25, -0.2) is 0 Å². The van der Waals surface area contributed by atoms with E-state index in [1.807, 2.05) is 0 Å². The summed E-state index contributed by atoms with van der Waals surface area (Å²) in [5.41, 5.74) is 0.0361. The fraction of sp³-hybridized carbons (Fsp3) is 1.00. The third-order valence-electron chi connectivity index (χ3n) is 5.12. The molecule has 3 aliphatic heterocycles. The van der Waals surface area contributed by atoms with Gasteiger partial charge in [0.15, 0.2) is 0 Å². The Hall–Kier alpha value is -0.160. The molecule has 0 radical (unpaired) electrons. The maximum atomic E-state index is 5.99. The van der Waals surface area contributed by atoms with Crippen LogP contribution < -0.4 is 5.32 Å². The zero-order valence-corrected chi connectivity index (χ0v) is 12.2. The van der Waals surface area contributed by atoms with Crippen molar-refractivity contribution in [1.29, 1.82) is 0 Å².